The van der Waals surface area contributed by atoms with Crippen LogP contribution in [0.5, 0.6) is 17.2 Å². The third-order valence-corrected chi connectivity index (χ3v) is 4.38. The predicted octanol–water partition coefficient (Wildman–Crippen LogP) is 5.61. The summed E-state index contributed by atoms with van der Waals surface area (Å²) in [5, 5.41) is 0. The van der Waals surface area contributed by atoms with Crippen molar-refractivity contribution >= 4 is 11.9 Å². The minimum atomic E-state index is -4.85. The van der Waals surface area contributed by atoms with E-state index in [1.165, 1.54) is 19.2 Å². The van der Waals surface area contributed by atoms with E-state index in [4.69, 9.17) is 9.47 Å². The van der Waals surface area contributed by atoms with Gasteiger partial charge in [0.2, 0.25) is 0 Å². The van der Waals surface area contributed by atoms with E-state index in [2.05, 4.69) is 11.3 Å². The van der Waals surface area contributed by atoms with Crippen LogP contribution in [0.4, 0.5) is 13.2 Å². The van der Waals surface area contributed by atoms with Crippen LogP contribution in [0.2, 0.25) is 0 Å². The number of esters is 2. The molecule has 0 atom stereocenters. The Hall–Kier alpha value is -4.07. The largest absolute Gasteiger partial charge is 0.497 e. The molecule has 0 heterocycles. The van der Waals surface area contributed by atoms with E-state index >= 15 is 0 Å². The van der Waals surface area contributed by atoms with Crippen molar-refractivity contribution < 1.29 is 37.0 Å². The summed E-state index contributed by atoms with van der Waals surface area (Å²) in [6, 6.07) is 19.0. The molecule has 0 saturated heterocycles. The van der Waals surface area contributed by atoms with Gasteiger partial charge in [0.05, 0.1) is 12.7 Å². The van der Waals surface area contributed by atoms with Crippen LogP contribution in [-0.2, 0) is 4.79 Å². The highest BCUT2D eigenvalue weighted by Gasteiger charge is 2.38. The standard InChI is InChI=1S/C24H17F3O5/c1-15(24(25,26)27)22(28)31-20-11-3-16(4-12-20)17-5-13-21(14-6-17)32-23(29)18-7-9-19(30-2)10-8-18/h3-14H,1H2,2H3. The average Bonchev–Trinajstić information content (AvgIpc) is 2.79. The fraction of sp³-hybridized carbons (Fsp3) is 0.0833. The Labute approximate surface area is 181 Å². The third-order valence-electron chi connectivity index (χ3n) is 4.38. The first-order valence-corrected chi connectivity index (χ1v) is 9.22. The topological polar surface area (TPSA) is 61.8 Å². The second-order valence-corrected chi connectivity index (χ2v) is 6.53. The number of benzene rings is 3. The maximum Gasteiger partial charge on any atom is 0.422 e. The van der Waals surface area contributed by atoms with Crippen molar-refractivity contribution in [2.45, 2.75) is 6.18 Å². The molecule has 0 aliphatic carbocycles. The van der Waals surface area contributed by atoms with E-state index < -0.39 is 23.7 Å². The summed E-state index contributed by atoms with van der Waals surface area (Å²) in [5.41, 5.74) is 0.258. The SMILES string of the molecule is C=C(C(=O)Oc1ccc(-c2ccc(OC(=O)c3ccc(OC)cc3)cc2)cc1)C(F)(F)F. The minimum absolute atomic E-state index is 0.0470. The molecule has 0 saturated carbocycles. The van der Waals surface area contributed by atoms with Gasteiger partial charge in [-0.2, -0.15) is 13.2 Å². The number of halogens is 3. The second-order valence-electron chi connectivity index (χ2n) is 6.53. The minimum Gasteiger partial charge on any atom is -0.497 e. The molecule has 8 heteroatoms. The number of rotatable bonds is 6. The zero-order chi connectivity index (χ0) is 23.3. The van der Waals surface area contributed by atoms with Gasteiger partial charge in [-0.15, -0.1) is 0 Å². The Morgan fingerprint density at radius 1 is 0.719 bits per heavy atom. The fourth-order valence-corrected chi connectivity index (χ4v) is 2.61. The molecule has 164 valence electrons. The van der Waals surface area contributed by atoms with Gasteiger partial charge in [0.1, 0.15) is 22.8 Å². The molecule has 0 aliphatic rings. The lowest BCUT2D eigenvalue weighted by Crippen LogP contribution is -2.23. The number of carbonyl (C=O) groups excluding carboxylic acids is 2. The first-order chi connectivity index (χ1) is 15.2. The van der Waals surface area contributed by atoms with Crippen molar-refractivity contribution in [3.63, 3.8) is 0 Å². The van der Waals surface area contributed by atoms with E-state index in [0.29, 0.717) is 22.6 Å². The van der Waals surface area contributed by atoms with Gasteiger partial charge in [-0.1, -0.05) is 30.8 Å². The molecule has 0 aromatic heterocycles. The van der Waals surface area contributed by atoms with Crippen LogP contribution in [-0.4, -0.2) is 25.2 Å². The highest BCUT2D eigenvalue weighted by molar-refractivity contribution is 5.91. The lowest BCUT2D eigenvalue weighted by Gasteiger charge is -2.10. The third kappa shape index (κ3) is 5.54. The first-order valence-electron chi connectivity index (χ1n) is 9.22. The molecule has 5 nitrogen and oxygen atoms in total. The van der Waals surface area contributed by atoms with E-state index in [1.54, 1.807) is 60.7 Å². The van der Waals surface area contributed by atoms with E-state index in [-0.39, 0.29) is 5.75 Å². The second kappa shape index (κ2) is 9.38. The molecular weight excluding hydrogens is 425 g/mol. The predicted molar refractivity (Wildman–Crippen MR) is 111 cm³/mol. The van der Waals surface area contributed by atoms with Gasteiger partial charge >= 0.3 is 18.1 Å². The number of carbonyl (C=O) groups is 2. The molecule has 0 amide bonds. The van der Waals surface area contributed by atoms with Crippen LogP contribution in [0, 0.1) is 0 Å². The average molecular weight is 442 g/mol. The van der Waals surface area contributed by atoms with Crippen LogP contribution < -0.4 is 14.2 Å². The van der Waals surface area contributed by atoms with Gasteiger partial charge in [0.25, 0.3) is 0 Å². The van der Waals surface area contributed by atoms with Gasteiger partial charge in [-0.05, 0) is 59.7 Å². The summed E-state index contributed by atoms with van der Waals surface area (Å²) in [5.74, 6) is -1.17. The molecule has 3 aromatic rings. The lowest BCUT2D eigenvalue weighted by molar-refractivity contribution is -0.142. The molecule has 0 radical (unpaired) electrons. The van der Waals surface area contributed by atoms with E-state index in [0.717, 1.165) is 5.56 Å². The quantitative estimate of drug-likeness (QED) is 0.282. The van der Waals surface area contributed by atoms with Crippen LogP contribution in [0.3, 0.4) is 0 Å². The van der Waals surface area contributed by atoms with Crippen molar-refractivity contribution in [2.24, 2.45) is 0 Å². The van der Waals surface area contributed by atoms with Crippen molar-refractivity contribution in [2.75, 3.05) is 7.11 Å². The lowest BCUT2D eigenvalue weighted by atomic mass is 10.1. The summed E-state index contributed by atoms with van der Waals surface area (Å²) in [6.07, 6.45) is -4.85. The van der Waals surface area contributed by atoms with Gasteiger partial charge < -0.3 is 14.2 Å². The zero-order valence-electron chi connectivity index (χ0n) is 16.8. The number of methoxy groups -OCH3 is 1. The number of hydrogen-bond acceptors (Lipinski definition) is 5. The summed E-state index contributed by atoms with van der Waals surface area (Å²) in [4.78, 5) is 23.7. The summed E-state index contributed by atoms with van der Waals surface area (Å²) in [7, 11) is 1.53. The molecule has 3 rings (SSSR count). The Balaban J connectivity index is 1.63. The molecule has 3 aromatic carbocycles. The molecule has 0 bridgehead atoms. The van der Waals surface area contributed by atoms with Crippen LogP contribution in [0.25, 0.3) is 11.1 Å². The van der Waals surface area contributed by atoms with Crippen molar-refractivity contribution in [1.82, 2.24) is 0 Å². The van der Waals surface area contributed by atoms with Gasteiger partial charge in [-0.25, -0.2) is 9.59 Å². The number of ether oxygens (including phenoxy) is 3. The van der Waals surface area contributed by atoms with Gasteiger partial charge in [0.15, 0.2) is 0 Å². The van der Waals surface area contributed by atoms with Crippen LogP contribution in [0.15, 0.2) is 84.9 Å². The zero-order valence-corrected chi connectivity index (χ0v) is 16.8. The Kier molecular flexibility index (Phi) is 6.63. The van der Waals surface area contributed by atoms with Gasteiger partial charge in [0, 0.05) is 0 Å². The Morgan fingerprint density at radius 3 is 1.59 bits per heavy atom. The Morgan fingerprint density at radius 2 is 1.16 bits per heavy atom. The molecule has 0 aliphatic heterocycles. The van der Waals surface area contributed by atoms with E-state index in [1.807, 2.05) is 0 Å². The first kappa shape index (κ1) is 22.6. The molecule has 0 spiro atoms. The molecular formula is C24H17F3O5. The van der Waals surface area contributed by atoms with Crippen LogP contribution >= 0.6 is 0 Å². The van der Waals surface area contributed by atoms with Gasteiger partial charge in [-0.3, -0.25) is 0 Å². The van der Waals surface area contributed by atoms with E-state index in [9.17, 15) is 22.8 Å². The maximum absolute atomic E-state index is 12.5. The summed E-state index contributed by atoms with van der Waals surface area (Å²) >= 11 is 0. The monoisotopic (exact) mass is 442 g/mol. The highest BCUT2D eigenvalue weighted by Crippen LogP contribution is 2.28. The molecule has 0 unspecified atom stereocenters. The summed E-state index contributed by atoms with van der Waals surface area (Å²) in [6.45, 7) is 2.70. The molecule has 0 fully saturated rings. The highest BCUT2D eigenvalue weighted by atomic mass is 19.4. The number of hydrogen-bond donors (Lipinski definition) is 0. The molecule has 0 N–H and O–H groups in total. The summed E-state index contributed by atoms with van der Waals surface area (Å²) < 4.78 is 52.5. The van der Waals surface area contributed by atoms with Crippen molar-refractivity contribution in [3.8, 4) is 28.4 Å². The normalized spacial score (nSPS) is 10.9. The fourth-order valence-electron chi connectivity index (χ4n) is 2.61. The van der Waals surface area contributed by atoms with Crippen LogP contribution in [0.1, 0.15) is 10.4 Å². The maximum atomic E-state index is 12.5. The smallest absolute Gasteiger partial charge is 0.422 e. The van der Waals surface area contributed by atoms with Crippen molar-refractivity contribution in [3.05, 3.63) is 90.5 Å². The number of alkyl halides is 3. The Bertz CT molecular complexity index is 1120. The molecule has 32 heavy (non-hydrogen) atoms. The van der Waals surface area contributed by atoms with Crippen molar-refractivity contribution in [1.29, 1.82) is 0 Å².